The van der Waals surface area contributed by atoms with Gasteiger partial charge in [0, 0.05) is 12.6 Å². The van der Waals surface area contributed by atoms with Crippen molar-refractivity contribution in [3.63, 3.8) is 0 Å². The molecule has 0 saturated carbocycles. The minimum atomic E-state index is -0.683. The zero-order chi connectivity index (χ0) is 18.0. The van der Waals surface area contributed by atoms with E-state index in [-0.39, 0.29) is 28.7 Å². The van der Waals surface area contributed by atoms with Crippen molar-refractivity contribution in [2.75, 3.05) is 7.11 Å². The summed E-state index contributed by atoms with van der Waals surface area (Å²) in [5, 5.41) is 6.43. The highest BCUT2D eigenvalue weighted by Gasteiger charge is 2.18. The molecule has 0 aliphatic carbocycles. The van der Waals surface area contributed by atoms with E-state index in [0.717, 1.165) is 0 Å². The van der Waals surface area contributed by atoms with Crippen molar-refractivity contribution < 1.29 is 18.7 Å². The Morgan fingerprint density at radius 1 is 1.36 bits per heavy atom. The molecule has 2 heterocycles. The molecule has 0 bridgehead atoms. The van der Waals surface area contributed by atoms with E-state index in [0.29, 0.717) is 5.56 Å². The first-order valence-electron chi connectivity index (χ1n) is 7.01. The molecule has 1 N–H and O–H groups in total. The van der Waals surface area contributed by atoms with Crippen LogP contribution < -0.4 is 5.32 Å². The van der Waals surface area contributed by atoms with Crippen molar-refractivity contribution in [2.45, 2.75) is 6.54 Å². The third-order valence-corrected chi connectivity index (χ3v) is 3.61. The molecule has 3 rings (SSSR count). The molecule has 0 atom stereocenters. The Bertz CT molecular complexity index is 975. The number of carbonyl (C=O) groups is 2. The van der Waals surface area contributed by atoms with Gasteiger partial charge in [0.15, 0.2) is 5.69 Å². The Morgan fingerprint density at radius 2 is 2.16 bits per heavy atom. The van der Waals surface area contributed by atoms with Crippen LogP contribution >= 0.6 is 11.6 Å². The Balaban J connectivity index is 1.84. The molecule has 0 radical (unpaired) electrons. The summed E-state index contributed by atoms with van der Waals surface area (Å²) in [6.07, 6.45) is 1.21. The topological polar surface area (TPSA) is 98.5 Å². The number of nitrogens with one attached hydrogen (secondary N) is 1. The molecular weight excluding hydrogens is 353 g/mol. The summed E-state index contributed by atoms with van der Waals surface area (Å²) in [5.74, 6) is -1.69. The van der Waals surface area contributed by atoms with E-state index in [4.69, 9.17) is 11.6 Å². The molecular formula is C15H11ClFN5O3. The average molecular weight is 364 g/mol. The highest BCUT2D eigenvalue weighted by atomic mass is 35.5. The number of esters is 1. The van der Waals surface area contributed by atoms with E-state index >= 15 is 0 Å². The van der Waals surface area contributed by atoms with Crippen LogP contribution in [0.2, 0.25) is 5.02 Å². The number of nitrogens with zero attached hydrogens (tertiary/aromatic N) is 4. The van der Waals surface area contributed by atoms with Crippen molar-refractivity contribution in [1.82, 2.24) is 24.9 Å². The second-order valence-corrected chi connectivity index (χ2v) is 5.33. The first-order valence-corrected chi connectivity index (χ1v) is 7.38. The number of carbonyl (C=O) groups excluding carboxylic acids is 2. The third kappa shape index (κ3) is 3.41. The Hall–Kier alpha value is -3.07. The Kier molecular flexibility index (Phi) is 4.57. The number of halogens is 2. The van der Waals surface area contributed by atoms with Crippen molar-refractivity contribution >= 4 is 29.3 Å². The van der Waals surface area contributed by atoms with Crippen LogP contribution in [0.3, 0.4) is 0 Å². The smallest absolute Gasteiger partial charge is 0.356 e. The Labute approximate surface area is 145 Å². The van der Waals surface area contributed by atoms with Crippen LogP contribution in [-0.2, 0) is 11.3 Å². The van der Waals surface area contributed by atoms with E-state index in [9.17, 15) is 14.0 Å². The molecule has 0 aliphatic rings. The largest absolute Gasteiger partial charge is 0.464 e. The summed E-state index contributed by atoms with van der Waals surface area (Å²) in [6.45, 7) is 0.103. The first kappa shape index (κ1) is 16.8. The molecule has 0 aliphatic heterocycles. The molecule has 25 heavy (non-hydrogen) atoms. The second-order valence-electron chi connectivity index (χ2n) is 4.92. The second kappa shape index (κ2) is 6.81. The van der Waals surface area contributed by atoms with Gasteiger partial charge in [0.25, 0.3) is 11.7 Å². The molecule has 0 saturated heterocycles. The number of fused-ring (bicyclic) bond motifs is 1. The van der Waals surface area contributed by atoms with E-state index in [1.165, 1.54) is 42.2 Å². The minimum absolute atomic E-state index is 0.0139. The van der Waals surface area contributed by atoms with Crippen LogP contribution in [0, 0.1) is 5.82 Å². The van der Waals surface area contributed by atoms with Gasteiger partial charge in [-0.1, -0.05) is 17.7 Å². The van der Waals surface area contributed by atoms with Gasteiger partial charge in [-0.25, -0.2) is 14.2 Å². The highest BCUT2D eigenvalue weighted by Crippen LogP contribution is 2.16. The lowest BCUT2D eigenvalue weighted by Gasteiger charge is -2.07. The SMILES string of the molecule is COC(=O)c1cc(C(=O)NCc2ccc(F)c(Cl)c2)nc2ncnn12. The number of benzene rings is 1. The lowest BCUT2D eigenvalue weighted by Crippen LogP contribution is -2.25. The van der Waals surface area contributed by atoms with Crippen LogP contribution in [0.15, 0.2) is 30.6 Å². The molecule has 0 spiro atoms. The van der Waals surface area contributed by atoms with Gasteiger partial charge in [-0.15, -0.1) is 0 Å². The van der Waals surface area contributed by atoms with Crippen LogP contribution in [-0.4, -0.2) is 38.6 Å². The summed E-state index contributed by atoms with van der Waals surface area (Å²) < 4.78 is 19.0. The maximum Gasteiger partial charge on any atom is 0.356 e. The summed E-state index contributed by atoms with van der Waals surface area (Å²) in [6, 6.07) is 5.36. The van der Waals surface area contributed by atoms with Crippen molar-refractivity contribution in [2.24, 2.45) is 0 Å². The number of rotatable bonds is 4. The summed E-state index contributed by atoms with van der Waals surface area (Å²) in [7, 11) is 1.21. The quantitative estimate of drug-likeness (QED) is 0.707. The summed E-state index contributed by atoms with van der Waals surface area (Å²) in [4.78, 5) is 32.0. The minimum Gasteiger partial charge on any atom is -0.464 e. The number of hydrogen-bond donors (Lipinski definition) is 1. The molecule has 0 fully saturated rings. The molecule has 3 aromatic rings. The van der Waals surface area contributed by atoms with Crippen LogP contribution in [0.1, 0.15) is 26.5 Å². The molecule has 1 amide bonds. The predicted octanol–water partition coefficient (Wildman–Crippen LogP) is 1.63. The monoisotopic (exact) mass is 363 g/mol. The zero-order valence-corrected chi connectivity index (χ0v) is 13.6. The highest BCUT2D eigenvalue weighted by molar-refractivity contribution is 6.30. The van der Waals surface area contributed by atoms with Crippen LogP contribution in [0.25, 0.3) is 5.78 Å². The van der Waals surface area contributed by atoms with E-state index in [2.05, 4.69) is 25.1 Å². The molecule has 8 nitrogen and oxygen atoms in total. The molecule has 0 unspecified atom stereocenters. The fraction of sp³-hybridized carbons (Fsp3) is 0.133. The predicted molar refractivity (Wildman–Crippen MR) is 84.7 cm³/mol. The van der Waals surface area contributed by atoms with Gasteiger partial charge in [-0.2, -0.15) is 14.6 Å². The number of hydrogen-bond acceptors (Lipinski definition) is 6. The maximum atomic E-state index is 13.1. The first-order chi connectivity index (χ1) is 12.0. The zero-order valence-electron chi connectivity index (χ0n) is 12.9. The lowest BCUT2D eigenvalue weighted by atomic mass is 10.2. The summed E-state index contributed by atoms with van der Waals surface area (Å²) >= 11 is 5.70. The molecule has 10 heteroatoms. The normalized spacial score (nSPS) is 10.7. The number of amides is 1. The van der Waals surface area contributed by atoms with E-state index in [1.54, 1.807) is 0 Å². The van der Waals surface area contributed by atoms with Crippen LogP contribution in [0.4, 0.5) is 4.39 Å². The standard InChI is InChI=1S/C15H11ClFN5O3/c1-25-14(24)12-5-11(21-15-19-7-20-22(12)15)13(23)18-6-8-2-3-10(17)9(16)4-8/h2-5,7H,6H2,1H3,(H,18,23). The lowest BCUT2D eigenvalue weighted by molar-refractivity contribution is 0.0590. The fourth-order valence-corrected chi connectivity index (χ4v) is 2.30. The third-order valence-electron chi connectivity index (χ3n) is 3.32. The maximum absolute atomic E-state index is 13.1. The van der Waals surface area contributed by atoms with Gasteiger partial charge in [-0.05, 0) is 17.7 Å². The number of ether oxygens (including phenoxy) is 1. The van der Waals surface area contributed by atoms with Crippen molar-refractivity contribution in [3.05, 3.63) is 58.4 Å². The Morgan fingerprint density at radius 3 is 2.88 bits per heavy atom. The fourth-order valence-electron chi connectivity index (χ4n) is 2.10. The number of aromatic nitrogens is 4. The van der Waals surface area contributed by atoms with Gasteiger partial charge in [0.05, 0.1) is 12.1 Å². The van der Waals surface area contributed by atoms with Crippen LogP contribution in [0.5, 0.6) is 0 Å². The molecule has 128 valence electrons. The van der Waals surface area contributed by atoms with E-state index in [1.807, 2.05) is 0 Å². The summed E-state index contributed by atoms with van der Waals surface area (Å²) in [5.41, 5.74) is 0.589. The van der Waals surface area contributed by atoms with Crippen molar-refractivity contribution in [3.8, 4) is 0 Å². The molecule has 1 aromatic carbocycles. The van der Waals surface area contributed by atoms with Gasteiger partial charge in [-0.3, -0.25) is 4.79 Å². The van der Waals surface area contributed by atoms with Gasteiger partial charge in [0.2, 0.25) is 0 Å². The van der Waals surface area contributed by atoms with Gasteiger partial charge in [0.1, 0.15) is 17.8 Å². The number of methoxy groups -OCH3 is 1. The molecule has 2 aromatic heterocycles. The average Bonchev–Trinajstić information content (AvgIpc) is 3.09. The van der Waals surface area contributed by atoms with Gasteiger partial charge >= 0.3 is 5.97 Å². The van der Waals surface area contributed by atoms with Gasteiger partial charge < -0.3 is 10.1 Å². The van der Waals surface area contributed by atoms with E-state index < -0.39 is 17.7 Å². The van der Waals surface area contributed by atoms with Crippen molar-refractivity contribution in [1.29, 1.82) is 0 Å².